The Morgan fingerprint density at radius 1 is 0.371 bits per heavy atom. The molecule has 0 saturated heterocycles. The van der Waals surface area contributed by atoms with Crippen LogP contribution in [-0.4, -0.2) is 9.97 Å². The maximum Gasteiger partial charge on any atom is 0.162 e. The molecule has 7 aromatic carbocycles. The Balaban J connectivity index is 1.43. The van der Waals surface area contributed by atoms with Gasteiger partial charge in [0.2, 0.25) is 0 Å². The fraction of sp³-hybridized carbons (Fsp3) is 0.277. The lowest BCUT2D eigenvalue weighted by Gasteiger charge is -2.42. The van der Waals surface area contributed by atoms with E-state index in [0.717, 1.165) is 63.7 Å². The third kappa shape index (κ3) is 6.70. The van der Waals surface area contributed by atoms with Crippen molar-refractivity contribution in [1.29, 1.82) is 5.26 Å². The van der Waals surface area contributed by atoms with Gasteiger partial charge in [-0.1, -0.05) is 60.7 Å². The number of benzene rings is 7. The zero-order valence-corrected chi connectivity index (χ0v) is 44.2. The van der Waals surface area contributed by atoms with E-state index < -0.39 is 0 Å². The van der Waals surface area contributed by atoms with Crippen molar-refractivity contribution < 1.29 is 0 Å². The number of aromatic nitrogens is 2. The van der Waals surface area contributed by atoms with Crippen molar-refractivity contribution in [3.05, 3.63) is 196 Å². The predicted molar refractivity (Wildman–Crippen MR) is 294 cm³/mol. The molecule has 0 unspecified atom stereocenters. The van der Waals surface area contributed by atoms with Gasteiger partial charge in [-0.3, -0.25) is 0 Å². The van der Waals surface area contributed by atoms with E-state index in [1.165, 1.54) is 123 Å². The molecule has 1 aromatic heterocycles. The first-order chi connectivity index (χ1) is 33.4. The van der Waals surface area contributed by atoms with Crippen molar-refractivity contribution in [2.24, 2.45) is 0 Å². The molecule has 0 atom stereocenters. The van der Waals surface area contributed by atoms with Gasteiger partial charge in [0.05, 0.1) is 45.5 Å². The molecule has 5 heteroatoms. The lowest BCUT2D eigenvalue weighted by atomic mass is 9.79. The molecule has 10 rings (SSSR count). The number of nitrogens with zero attached hydrogens (tertiary/aromatic N) is 5. The van der Waals surface area contributed by atoms with Crippen molar-refractivity contribution in [2.75, 3.05) is 9.80 Å². The molecule has 2 aliphatic heterocycles. The Kier molecular flexibility index (Phi) is 11.3. The van der Waals surface area contributed by atoms with Crippen LogP contribution >= 0.6 is 0 Å². The molecule has 5 nitrogen and oxygen atoms in total. The van der Waals surface area contributed by atoms with Crippen molar-refractivity contribution in [2.45, 2.75) is 124 Å². The SMILES string of the molecule is Cc1c(C)c(C)c2c(c1C)Cc1c(C)c(C)c(C)c(C)c1N2c1ccc(-c2nc(-c3ccccc3)cc(-c3ccccc3)n2)c(N2c3c(C)c(C)c(C)c(C)c3Cc3c(C)c(C)c(C)c(C)c32)c1C#N. The number of fused-ring (bicyclic) bond motifs is 4. The molecule has 70 heavy (non-hydrogen) atoms. The van der Waals surface area contributed by atoms with E-state index in [2.05, 4.69) is 193 Å². The molecule has 0 saturated carbocycles. The minimum absolute atomic E-state index is 0.569. The van der Waals surface area contributed by atoms with E-state index >= 15 is 0 Å². The third-order valence-electron chi connectivity index (χ3n) is 17.6. The number of rotatable bonds is 5. The van der Waals surface area contributed by atoms with Crippen molar-refractivity contribution in [3.63, 3.8) is 0 Å². The summed E-state index contributed by atoms with van der Waals surface area (Å²) in [5, 5.41) is 12.4. The van der Waals surface area contributed by atoms with Crippen LogP contribution in [0.4, 0.5) is 34.1 Å². The van der Waals surface area contributed by atoms with Crippen LogP contribution in [-0.2, 0) is 12.8 Å². The monoisotopic (exact) mass is 916 g/mol. The fourth-order valence-electron chi connectivity index (χ4n) is 12.0. The van der Waals surface area contributed by atoms with Crippen LogP contribution in [0.1, 0.15) is 117 Å². The van der Waals surface area contributed by atoms with Crippen molar-refractivity contribution in [1.82, 2.24) is 9.97 Å². The lowest BCUT2D eigenvalue weighted by molar-refractivity contribution is 0.987. The molecule has 0 N–H and O–H groups in total. The van der Waals surface area contributed by atoms with Gasteiger partial charge in [0.1, 0.15) is 11.6 Å². The van der Waals surface area contributed by atoms with Crippen LogP contribution in [0.5, 0.6) is 0 Å². The molecule has 0 fully saturated rings. The summed E-state index contributed by atoms with van der Waals surface area (Å²) in [4.78, 5) is 16.1. The molecule has 2 aliphatic rings. The second-order valence-electron chi connectivity index (χ2n) is 20.5. The minimum atomic E-state index is 0.569. The van der Waals surface area contributed by atoms with Gasteiger partial charge in [-0.15, -0.1) is 0 Å². The normalized spacial score (nSPS) is 12.7. The summed E-state index contributed by atoms with van der Waals surface area (Å²) >= 11 is 0. The highest BCUT2D eigenvalue weighted by molar-refractivity contribution is 6.02. The first-order valence-electron chi connectivity index (χ1n) is 24.9. The highest BCUT2D eigenvalue weighted by atomic mass is 15.2. The predicted octanol–water partition coefficient (Wildman–Crippen LogP) is 17.0. The number of hydrogen-bond donors (Lipinski definition) is 0. The maximum atomic E-state index is 12.4. The largest absolute Gasteiger partial charge is 0.308 e. The molecule has 0 bridgehead atoms. The first-order valence-corrected chi connectivity index (χ1v) is 24.9. The van der Waals surface area contributed by atoms with Crippen LogP contribution in [0, 0.1) is 122 Å². The van der Waals surface area contributed by atoms with Crippen LogP contribution in [0.25, 0.3) is 33.9 Å². The Morgan fingerprint density at radius 2 is 0.700 bits per heavy atom. The summed E-state index contributed by atoms with van der Waals surface area (Å²) in [6.45, 7) is 36.4. The zero-order valence-electron chi connectivity index (χ0n) is 44.2. The summed E-state index contributed by atoms with van der Waals surface area (Å²) in [5.41, 5.74) is 37.1. The maximum absolute atomic E-state index is 12.4. The van der Waals surface area contributed by atoms with Gasteiger partial charge in [-0.05, 0) is 240 Å². The van der Waals surface area contributed by atoms with E-state index in [9.17, 15) is 5.26 Å². The van der Waals surface area contributed by atoms with Crippen LogP contribution in [0.2, 0.25) is 0 Å². The van der Waals surface area contributed by atoms with E-state index in [1.807, 2.05) is 12.1 Å². The first kappa shape index (κ1) is 46.4. The van der Waals surface area contributed by atoms with Gasteiger partial charge in [0.15, 0.2) is 5.82 Å². The van der Waals surface area contributed by atoms with Crippen molar-refractivity contribution in [3.8, 4) is 40.0 Å². The topological polar surface area (TPSA) is 56.1 Å². The van der Waals surface area contributed by atoms with Gasteiger partial charge in [0.25, 0.3) is 0 Å². The second kappa shape index (κ2) is 17.0. The molecule has 8 aromatic rings. The highest BCUT2D eigenvalue weighted by Gasteiger charge is 2.39. The molecule has 0 spiro atoms. The summed E-state index contributed by atoms with van der Waals surface area (Å²) in [5.74, 6) is 0.569. The standard InChI is InChI=1S/C65H65N5/c1-33-37(5)45(13)60-52(41(33)9)29-53-42(10)34(2)38(6)46(14)61(53)69(60)59-28-27-51(65-67-57(49-23-19-17-20-24-49)31-58(68-65)50-25-21-18-22-26-50)64(56(59)32-66)70-62-47(15)39(7)35(3)43(11)54(62)30-55-44(12)36(4)40(8)48(16)63(55)70/h17-28,31H,29-30H2,1-16H3. The number of hydrogen-bond acceptors (Lipinski definition) is 5. The lowest BCUT2D eigenvalue weighted by Crippen LogP contribution is -2.28. The molecule has 3 heterocycles. The number of nitriles is 1. The molecule has 350 valence electrons. The van der Waals surface area contributed by atoms with Gasteiger partial charge < -0.3 is 9.80 Å². The summed E-state index contributed by atoms with van der Waals surface area (Å²) in [6, 6.07) is 30.3. The summed E-state index contributed by atoms with van der Waals surface area (Å²) < 4.78 is 0. The minimum Gasteiger partial charge on any atom is -0.308 e. The van der Waals surface area contributed by atoms with Gasteiger partial charge in [-0.25, -0.2) is 9.97 Å². The Bertz CT molecular complexity index is 3410. The molecule has 0 aliphatic carbocycles. The van der Waals surface area contributed by atoms with Gasteiger partial charge in [0, 0.05) is 29.5 Å². The number of anilines is 6. The second-order valence-corrected chi connectivity index (χ2v) is 20.5. The average Bonchev–Trinajstić information content (AvgIpc) is 3.39. The highest BCUT2D eigenvalue weighted by Crippen LogP contribution is 2.58. The average molecular weight is 916 g/mol. The Morgan fingerprint density at radius 3 is 1.04 bits per heavy atom. The molecule has 0 amide bonds. The molecular weight excluding hydrogens is 851 g/mol. The van der Waals surface area contributed by atoms with Crippen molar-refractivity contribution >= 4 is 34.1 Å². The van der Waals surface area contributed by atoms with E-state index in [4.69, 9.17) is 9.97 Å². The van der Waals surface area contributed by atoms with E-state index in [1.54, 1.807) is 0 Å². The van der Waals surface area contributed by atoms with Crippen LogP contribution < -0.4 is 9.80 Å². The van der Waals surface area contributed by atoms with Gasteiger partial charge in [-0.2, -0.15) is 5.26 Å². The Hall–Kier alpha value is -7.29. The van der Waals surface area contributed by atoms with Crippen LogP contribution in [0.15, 0.2) is 78.9 Å². The molecular formula is C65H65N5. The quantitative estimate of drug-likeness (QED) is 0.172. The zero-order chi connectivity index (χ0) is 49.9. The van der Waals surface area contributed by atoms with Gasteiger partial charge >= 0.3 is 0 Å². The fourth-order valence-corrected chi connectivity index (χ4v) is 12.0. The van der Waals surface area contributed by atoms with Crippen LogP contribution in [0.3, 0.4) is 0 Å². The van der Waals surface area contributed by atoms with E-state index in [-0.39, 0.29) is 0 Å². The Labute approximate surface area is 416 Å². The summed E-state index contributed by atoms with van der Waals surface area (Å²) in [7, 11) is 0. The van der Waals surface area contributed by atoms with E-state index in [0.29, 0.717) is 11.4 Å². The molecule has 0 radical (unpaired) electrons. The smallest absolute Gasteiger partial charge is 0.162 e. The summed E-state index contributed by atoms with van der Waals surface area (Å²) in [6.07, 6.45) is 1.64. The third-order valence-corrected chi connectivity index (χ3v) is 17.6.